The highest BCUT2D eigenvalue weighted by molar-refractivity contribution is 7.92. The van der Waals surface area contributed by atoms with Crippen LogP contribution >= 0.6 is 0 Å². The molecule has 0 saturated carbocycles. The number of nitro benzene ring substituents is 1. The number of carbonyl (C=O) groups is 2. The van der Waals surface area contributed by atoms with Crippen LogP contribution in [-0.4, -0.2) is 60.0 Å². The highest BCUT2D eigenvalue weighted by atomic mass is 32.2. The van der Waals surface area contributed by atoms with Gasteiger partial charge in [0.1, 0.15) is 5.54 Å². The van der Waals surface area contributed by atoms with Crippen molar-refractivity contribution < 1.29 is 28.0 Å². The van der Waals surface area contributed by atoms with E-state index in [0.29, 0.717) is 0 Å². The van der Waals surface area contributed by atoms with Gasteiger partial charge in [0.15, 0.2) is 0 Å². The van der Waals surface area contributed by atoms with Crippen LogP contribution in [0.4, 0.5) is 16.2 Å². The van der Waals surface area contributed by atoms with Gasteiger partial charge in [-0.05, 0) is 38.1 Å². The van der Waals surface area contributed by atoms with E-state index in [1.54, 1.807) is 18.2 Å². The molecule has 1 atom stereocenters. The number of nitro groups is 1. The Hall–Kier alpha value is -3.51. The Morgan fingerprint density at radius 3 is 2.22 bits per heavy atom. The monoisotopic (exact) mass is 462 g/mol. The third-order valence-corrected chi connectivity index (χ3v) is 6.70. The molecule has 11 nitrogen and oxygen atoms in total. The second kappa shape index (κ2) is 8.55. The first-order valence-electron chi connectivity index (χ1n) is 9.58. The maximum atomic E-state index is 13.3. The van der Waals surface area contributed by atoms with E-state index in [4.69, 9.17) is 0 Å². The molecule has 2 aromatic rings. The summed E-state index contributed by atoms with van der Waals surface area (Å²) in [5.41, 5.74) is -1.15. The normalized spacial score (nSPS) is 16.5. The van der Waals surface area contributed by atoms with Crippen molar-refractivity contribution in [2.24, 2.45) is 0 Å². The van der Waals surface area contributed by atoms with Crippen molar-refractivity contribution in [2.75, 3.05) is 17.4 Å². The first-order valence-corrected chi connectivity index (χ1v) is 11.0. The SMILES string of the molecule is CC1(C)NC(=O)N(C[C@@H](O)CN(c2ccccc2)S(=O)(=O)c2ccc([N+](=O)[O-])cc2)C1=O. The molecule has 0 unspecified atom stereocenters. The quantitative estimate of drug-likeness (QED) is 0.343. The molecule has 0 aromatic heterocycles. The molecule has 0 radical (unpaired) electrons. The number of hydrogen-bond acceptors (Lipinski definition) is 7. The molecule has 2 aromatic carbocycles. The van der Waals surface area contributed by atoms with Gasteiger partial charge in [-0.15, -0.1) is 0 Å². The van der Waals surface area contributed by atoms with E-state index in [2.05, 4.69) is 5.32 Å². The second-order valence-electron chi connectivity index (χ2n) is 7.75. The van der Waals surface area contributed by atoms with E-state index in [1.807, 2.05) is 0 Å². The molecule has 2 N–H and O–H groups in total. The van der Waals surface area contributed by atoms with Crippen LogP contribution in [0.15, 0.2) is 59.5 Å². The first-order chi connectivity index (χ1) is 14.9. The van der Waals surface area contributed by atoms with Crippen molar-refractivity contribution in [3.05, 3.63) is 64.7 Å². The fourth-order valence-electron chi connectivity index (χ4n) is 3.25. The molecule has 1 saturated heterocycles. The van der Waals surface area contributed by atoms with Gasteiger partial charge >= 0.3 is 6.03 Å². The van der Waals surface area contributed by atoms with Crippen molar-refractivity contribution in [1.82, 2.24) is 10.2 Å². The molecule has 0 aliphatic carbocycles. The van der Waals surface area contributed by atoms with Crippen LogP contribution in [0.2, 0.25) is 0 Å². The molecular formula is C20H22N4O7S. The van der Waals surface area contributed by atoms with Gasteiger partial charge < -0.3 is 10.4 Å². The van der Waals surface area contributed by atoms with Crippen LogP contribution in [0.5, 0.6) is 0 Å². The van der Waals surface area contributed by atoms with Gasteiger partial charge in [-0.1, -0.05) is 18.2 Å². The fourth-order valence-corrected chi connectivity index (χ4v) is 4.75. The lowest BCUT2D eigenvalue weighted by atomic mass is 10.1. The number of imide groups is 1. The van der Waals surface area contributed by atoms with E-state index in [-0.39, 0.29) is 16.3 Å². The Bertz CT molecular complexity index is 1130. The number of β-amino-alcohol motifs (C(OH)–C–C–N with tert-alkyl or cyclic N) is 1. The number of sulfonamides is 1. The van der Waals surface area contributed by atoms with Crippen LogP contribution in [0.25, 0.3) is 0 Å². The highest BCUT2D eigenvalue weighted by Gasteiger charge is 2.45. The Kier molecular flexibility index (Phi) is 6.19. The lowest BCUT2D eigenvalue weighted by Crippen LogP contribution is -2.45. The number of para-hydroxylation sites is 1. The van der Waals surface area contributed by atoms with Gasteiger partial charge in [0.2, 0.25) is 0 Å². The molecule has 170 valence electrons. The molecule has 0 spiro atoms. The molecule has 3 rings (SSSR count). The minimum Gasteiger partial charge on any atom is -0.389 e. The molecule has 1 fully saturated rings. The van der Waals surface area contributed by atoms with Gasteiger partial charge in [-0.2, -0.15) is 0 Å². The fraction of sp³-hybridized carbons (Fsp3) is 0.300. The van der Waals surface area contributed by atoms with Gasteiger partial charge in [0.25, 0.3) is 21.6 Å². The Labute approximate surface area is 184 Å². The number of nitrogens with one attached hydrogen (secondary N) is 1. The molecule has 32 heavy (non-hydrogen) atoms. The van der Waals surface area contributed by atoms with E-state index >= 15 is 0 Å². The van der Waals surface area contributed by atoms with Crippen LogP contribution in [0.3, 0.4) is 0 Å². The summed E-state index contributed by atoms with van der Waals surface area (Å²) in [6, 6.07) is 11.6. The van der Waals surface area contributed by atoms with Crippen LogP contribution in [0.1, 0.15) is 13.8 Å². The number of benzene rings is 2. The molecular weight excluding hydrogens is 440 g/mol. The largest absolute Gasteiger partial charge is 0.389 e. The topological polar surface area (TPSA) is 150 Å². The van der Waals surface area contributed by atoms with E-state index < -0.39 is 51.6 Å². The number of aliphatic hydroxyl groups is 1. The minimum absolute atomic E-state index is 0.213. The zero-order valence-corrected chi connectivity index (χ0v) is 18.2. The predicted octanol–water partition coefficient (Wildman–Crippen LogP) is 1.48. The summed E-state index contributed by atoms with van der Waals surface area (Å²) in [5.74, 6) is -0.536. The first kappa shape index (κ1) is 23.2. The van der Waals surface area contributed by atoms with Crippen molar-refractivity contribution >= 4 is 33.3 Å². The van der Waals surface area contributed by atoms with Crippen molar-refractivity contribution in [3.63, 3.8) is 0 Å². The Morgan fingerprint density at radius 2 is 1.72 bits per heavy atom. The number of amides is 3. The average molecular weight is 462 g/mol. The number of aliphatic hydroxyl groups excluding tert-OH is 1. The average Bonchev–Trinajstić information content (AvgIpc) is 2.94. The standard InChI is InChI=1S/C20H22N4O7S/c1-20(2)18(26)22(19(27)21-20)12-16(25)13-23(14-6-4-3-5-7-14)32(30,31)17-10-8-15(9-11-17)24(28)29/h3-11,16,25H,12-13H2,1-2H3,(H,21,27)/t16-/m1/s1. The molecule has 1 aliphatic rings. The molecule has 1 aliphatic heterocycles. The summed E-state index contributed by atoms with van der Waals surface area (Å²) in [4.78, 5) is 35.3. The summed E-state index contributed by atoms with van der Waals surface area (Å²) in [6.45, 7) is 2.18. The third-order valence-electron chi connectivity index (χ3n) is 4.89. The summed E-state index contributed by atoms with van der Waals surface area (Å²) in [5, 5.41) is 24.0. The number of rotatable bonds is 8. The van der Waals surface area contributed by atoms with Gasteiger partial charge in [0.05, 0.1) is 34.7 Å². The molecule has 12 heteroatoms. The number of urea groups is 1. The van der Waals surface area contributed by atoms with Crippen LogP contribution in [0, 0.1) is 10.1 Å². The zero-order chi connectivity index (χ0) is 23.7. The number of nitrogens with zero attached hydrogens (tertiary/aromatic N) is 3. The lowest BCUT2D eigenvalue weighted by molar-refractivity contribution is -0.384. The van der Waals surface area contributed by atoms with Gasteiger partial charge in [-0.3, -0.25) is 24.1 Å². The summed E-state index contributed by atoms with van der Waals surface area (Å²) in [6.07, 6.45) is -1.40. The van der Waals surface area contributed by atoms with Gasteiger partial charge in [-0.25, -0.2) is 13.2 Å². The van der Waals surface area contributed by atoms with Crippen molar-refractivity contribution in [2.45, 2.75) is 30.4 Å². The maximum Gasteiger partial charge on any atom is 0.325 e. The van der Waals surface area contributed by atoms with E-state index in [9.17, 15) is 33.2 Å². The Morgan fingerprint density at radius 1 is 1.12 bits per heavy atom. The number of carbonyl (C=O) groups excluding carboxylic acids is 2. The van der Waals surface area contributed by atoms with Crippen LogP contribution in [-0.2, 0) is 14.8 Å². The summed E-state index contributed by atoms with van der Waals surface area (Å²) >= 11 is 0. The number of anilines is 1. The minimum atomic E-state index is -4.23. The van der Waals surface area contributed by atoms with Crippen molar-refractivity contribution in [3.8, 4) is 0 Å². The number of hydrogen-bond donors (Lipinski definition) is 2. The number of non-ortho nitro benzene ring substituents is 1. The summed E-state index contributed by atoms with van der Waals surface area (Å²) < 4.78 is 27.5. The Balaban J connectivity index is 1.89. The molecule has 3 amide bonds. The lowest BCUT2D eigenvalue weighted by Gasteiger charge is -2.28. The van der Waals surface area contributed by atoms with Gasteiger partial charge in [0, 0.05) is 12.1 Å². The smallest absolute Gasteiger partial charge is 0.325 e. The molecule has 0 bridgehead atoms. The second-order valence-corrected chi connectivity index (χ2v) is 9.61. The van der Waals surface area contributed by atoms with Crippen LogP contribution < -0.4 is 9.62 Å². The zero-order valence-electron chi connectivity index (χ0n) is 17.3. The van der Waals surface area contributed by atoms with Crippen molar-refractivity contribution in [1.29, 1.82) is 0 Å². The van der Waals surface area contributed by atoms with E-state index in [1.165, 1.54) is 26.0 Å². The van der Waals surface area contributed by atoms with E-state index in [0.717, 1.165) is 33.5 Å². The maximum absolute atomic E-state index is 13.3. The summed E-state index contributed by atoms with van der Waals surface area (Å²) in [7, 11) is -4.23. The third kappa shape index (κ3) is 4.55. The molecule has 1 heterocycles. The predicted molar refractivity (Wildman–Crippen MR) is 114 cm³/mol. The highest BCUT2D eigenvalue weighted by Crippen LogP contribution is 2.26.